The van der Waals surface area contributed by atoms with E-state index in [0.29, 0.717) is 18.1 Å². The average Bonchev–Trinajstić information content (AvgIpc) is 2.98. The molecule has 1 amide bonds. The Bertz CT molecular complexity index is 936. The number of methoxy groups -OCH3 is 1. The quantitative estimate of drug-likeness (QED) is 0.0745. The second kappa shape index (κ2) is 25.6. The van der Waals surface area contributed by atoms with Gasteiger partial charge in [-0.25, -0.2) is 4.79 Å². The molecule has 13 heteroatoms. The van der Waals surface area contributed by atoms with Gasteiger partial charge in [0.25, 0.3) is 0 Å². The lowest BCUT2D eigenvalue weighted by atomic mass is 10.0. The highest BCUT2D eigenvalue weighted by atomic mass is 32.2. The third-order valence-corrected chi connectivity index (χ3v) is 7.60. The molecule has 0 aliphatic carbocycles. The molecule has 0 bridgehead atoms. The minimum atomic E-state index is -5.08. The number of hydrogen-bond acceptors (Lipinski definition) is 8. The molecule has 0 aliphatic heterocycles. The van der Waals surface area contributed by atoms with Gasteiger partial charge in [0.1, 0.15) is 0 Å². The second-order valence-corrected chi connectivity index (χ2v) is 11.5. The number of aliphatic carboxylic acids is 1. The van der Waals surface area contributed by atoms with Gasteiger partial charge in [0, 0.05) is 12.3 Å². The van der Waals surface area contributed by atoms with Crippen LogP contribution in [0.25, 0.3) is 0 Å². The van der Waals surface area contributed by atoms with E-state index in [1.165, 1.54) is 102 Å². The molecule has 0 unspecified atom stereocenters. The summed E-state index contributed by atoms with van der Waals surface area (Å²) in [5, 5.41) is 19.5. The number of rotatable bonds is 23. The smallest absolute Gasteiger partial charge is 0.490 e. The third-order valence-electron chi connectivity index (χ3n) is 6.57. The van der Waals surface area contributed by atoms with Gasteiger partial charge in [-0.3, -0.25) is 9.59 Å². The molecule has 1 rings (SSSR count). The fraction of sp³-hybridized carbons (Fsp3) is 0.710. The molecule has 0 spiro atoms. The fourth-order valence-electron chi connectivity index (χ4n) is 4.02. The number of amides is 1. The summed E-state index contributed by atoms with van der Waals surface area (Å²) in [4.78, 5) is 33.0. The Balaban J connectivity index is 0.00000234. The Kier molecular flexibility index (Phi) is 24.1. The predicted octanol–water partition coefficient (Wildman–Crippen LogP) is 6.74. The molecule has 0 heterocycles. The summed E-state index contributed by atoms with van der Waals surface area (Å²) in [6.45, 7) is 2.99. The molecule has 5 N–H and O–H groups in total. The van der Waals surface area contributed by atoms with Crippen molar-refractivity contribution < 1.29 is 47.2 Å². The predicted molar refractivity (Wildman–Crippen MR) is 167 cm³/mol. The first kappa shape index (κ1) is 41.3. The number of unbranched alkanes of at least 4 members (excludes halogenated alkanes) is 13. The van der Waals surface area contributed by atoms with Crippen LogP contribution in [-0.2, 0) is 25.7 Å². The first-order valence-electron chi connectivity index (χ1n) is 15.3. The molecular formula is C31H51F3N2O7S. The Morgan fingerprint density at radius 2 is 1.43 bits per heavy atom. The number of carboxylic acids is 1. The van der Waals surface area contributed by atoms with E-state index in [1.54, 1.807) is 12.1 Å². The van der Waals surface area contributed by atoms with Gasteiger partial charge in [-0.15, -0.1) is 11.8 Å². The van der Waals surface area contributed by atoms with Gasteiger partial charge < -0.3 is 30.7 Å². The van der Waals surface area contributed by atoms with Gasteiger partial charge in [0.05, 0.1) is 25.5 Å². The highest BCUT2D eigenvalue weighted by Crippen LogP contribution is 2.26. The molecule has 1 aromatic rings. The number of nitrogens with one attached hydrogen (secondary N) is 1. The summed E-state index contributed by atoms with van der Waals surface area (Å²) in [7, 11) is 1.47. The fourth-order valence-corrected chi connectivity index (χ4v) is 4.79. The lowest BCUT2D eigenvalue weighted by Gasteiger charge is -2.13. The summed E-state index contributed by atoms with van der Waals surface area (Å²) in [6.07, 6.45) is 13.1. The van der Waals surface area contributed by atoms with Crippen molar-refractivity contribution in [1.82, 2.24) is 5.32 Å². The van der Waals surface area contributed by atoms with Crippen molar-refractivity contribution in [2.75, 3.05) is 25.2 Å². The Morgan fingerprint density at radius 3 is 1.91 bits per heavy atom. The number of ether oxygens (including phenoxy) is 2. The molecule has 0 radical (unpaired) electrons. The highest BCUT2D eigenvalue weighted by Gasteiger charge is 2.38. The summed E-state index contributed by atoms with van der Waals surface area (Å²) < 4.78 is 42.1. The van der Waals surface area contributed by atoms with Crippen LogP contribution < -0.4 is 15.8 Å². The molecule has 0 saturated heterocycles. The van der Waals surface area contributed by atoms with Crippen LogP contribution in [0.5, 0.6) is 11.5 Å². The molecule has 0 aliphatic rings. The van der Waals surface area contributed by atoms with Gasteiger partial charge in [-0.05, 0) is 24.1 Å². The van der Waals surface area contributed by atoms with Crippen molar-refractivity contribution in [2.45, 2.75) is 116 Å². The normalized spacial score (nSPS) is 11.7. The Morgan fingerprint density at radius 1 is 0.932 bits per heavy atom. The van der Waals surface area contributed by atoms with E-state index in [9.17, 15) is 27.9 Å². The van der Waals surface area contributed by atoms with Crippen LogP contribution in [0.1, 0.15) is 102 Å². The number of nitrogens with two attached hydrogens (primary N) is 1. The van der Waals surface area contributed by atoms with Gasteiger partial charge >= 0.3 is 18.1 Å². The van der Waals surface area contributed by atoms with Crippen LogP contribution in [0.2, 0.25) is 0 Å². The minimum absolute atomic E-state index is 0.0434. The minimum Gasteiger partial charge on any atom is -0.504 e. The number of aromatic hydroxyl groups is 1. The molecule has 0 aromatic heterocycles. The van der Waals surface area contributed by atoms with Gasteiger partial charge in [-0.1, -0.05) is 96.5 Å². The molecule has 0 saturated carbocycles. The zero-order valence-electron chi connectivity index (χ0n) is 26.1. The van der Waals surface area contributed by atoms with Crippen LogP contribution in [0.4, 0.5) is 13.2 Å². The Labute approximate surface area is 263 Å². The molecule has 1 atom stereocenters. The first-order chi connectivity index (χ1) is 20.9. The number of carbonyl (C=O) groups is 3. The zero-order chi connectivity index (χ0) is 33.2. The molecule has 9 nitrogen and oxygen atoms in total. The SMILES string of the molecule is CCCCCCCCCCCCCCCCOC(=O)CSC[C@H](N)C(=O)NCc1ccc(O)c(OC)c1.O=C(O)C(F)(F)F. The molecule has 1 aromatic carbocycles. The number of benzene rings is 1. The maximum absolute atomic E-state index is 12.2. The number of alkyl halides is 3. The number of thioether (sulfide) groups is 1. The third kappa shape index (κ3) is 22.8. The average molecular weight is 653 g/mol. The summed E-state index contributed by atoms with van der Waals surface area (Å²) in [5.74, 6) is -2.40. The lowest BCUT2D eigenvalue weighted by molar-refractivity contribution is -0.192. The Hall–Kier alpha value is -2.67. The molecule has 0 fully saturated rings. The maximum Gasteiger partial charge on any atom is 0.490 e. The standard InChI is InChI=1S/C29H50N2O5S.C2HF3O2/c1-3-4-5-6-7-8-9-10-11-12-13-14-15-16-19-36-28(33)23-37-22-25(30)29(34)31-21-24-17-18-26(32)27(20-24)35-2;3-2(4,5)1(6)7/h17-18,20,25,32H,3-16,19,21-23,30H2,1-2H3,(H,31,34);(H,6,7)/t25-;/m0./s1. The maximum atomic E-state index is 12.2. The number of hydrogen-bond donors (Lipinski definition) is 4. The molecule has 254 valence electrons. The van der Waals surface area contributed by atoms with Crippen molar-refractivity contribution in [3.63, 3.8) is 0 Å². The van der Waals surface area contributed by atoms with Crippen LogP contribution in [0, 0.1) is 0 Å². The molecule has 44 heavy (non-hydrogen) atoms. The zero-order valence-corrected chi connectivity index (χ0v) is 26.9. The lowest BCUT2D eigenvalue weighted by Crippen LogP contribution is -2.42. The van der Waals surface area contributed by atoms with E-state index in [4.69, 9.17) is 25.1 Å². The molecular weight excluding hydrogens is 601 g/mol. The van der Waals surface area contributed by atoms with Crippen molar-refractivity contribution >= 4 is 29.6 Å². The van der Waals surface area contributed by atoms with Crippen LogP contribution in [-0.4, -0.2) is 65.5 Å². The van der Waals surface area contributed by atoms with E-state index in [2.05, 4.69) is 12.2 Å². The monoisotopic (exact) mass is 652 g/mol. The van der Waals surface area contributed by atoms with E-state index < -0.39 is 18.2 Å². The number of carbonyl (C=O) groups excluding carboxylic acids is 2. The van der Waals surface area contributed by atoms with Crippen LogP contribution in [0.15, 0.2) is 18.2 Å². The van der Waals surface area contributed by atoms with E-state index in [1.807, 2.05) is 0 Å². The first-order valence-corrected chi connectivity index (χ1v) is 16.5. The largest absolute Gasteiger partial charge is 0.504 e. The van der Waals surface area contributed by atoms with Crippen LogP contribution in [0.3, 0.4) is 0 Å². The van der Waals surface area contributed by atoms with Gasteiger partial charge in [0.2, 0.25) is 5.91 Å². The number of carboxylic acid groups (broad SMARTS) is 1. The van der Waals surface area contributed by atoms with E-state index >= 15 is 0 Å². The van der Waals surface area contributed by atoms with Crippen molar-refractivity contribution in [3.05, 3.63) is 23.8 Å². The van der Waals surface area contributed by atoms with E-state index in [0.717, 1.165) is 18.4 Å². The van der Waals surface area contributed by atoms with Crippen molar-refractivity contribution in [2.24, 2.45) is 5.73 Å². The van der Waals surface area contributed by atoms with Crippen LogP contribution >= 0.6 is 11.8 Å². The van der Waals surface area contributed by atoms with Crippen molar-refractivity contribution in [3.8, 4) is 11.5 Å². The summed E-state index contributed by atoms with van der Waals surface area (Å²) in [5.41, 5.74) is 6.72. The summed E-state index contributed by atoms with van der Waals surface area (Å²) in [6, 6.07) is 4.15. The topological polar surface area (TPSA) is 148 Å². The number of phenolic OH excluding ortho intramolecular Hbond substituents is 1. The second-order valence-electron chi connectivity index (χ2n) is 10.5. The highest BCUT2D eigenvalue weighted by molar-refractivity contribution is 8.00. The number of halogens is 3. The van der Waals surface area contributed by atoms with Crippen molar-refractivity contribution in [1.29, 1.82) is 0 Å². The summed E-state index contributed by atoms with van der Waals surface area (Å²) >= 11 is 1.30. The van der Waals surface area contributed by atoms with Gasteiger partial charge in [0.15, 0.2) is 11.5 Å². The number of esters is 1. The number of phenols is 1. The van der Waals surface area contributed by atoms with Gasteiger partial charge in [-0.2, -0.15) is 13.2 Å². The van der Waals surface area contributed by atoms with E-state index in [-0.39, 0.29) is 29.9 Å².